The van der Waals surface area contributed by atoms with Gasteiger partial charge >= 0.3 is 0 Å². The Morgan fingerprint density at radius 1 is 0.944 bits per heavy atom. The predicted octanol–water partition coefficient (Wildman–Crippen LogP) is 5.30. The van der Waals surface area contributed by atoms with Crippen LogP contribution in [-0.4, -0.2) is 13.1 Å². The van der Waals surface area contributed by atoms with Gasteiger partial charge in [0.25, 0.3) is 0 Å². The summed E-state index contributed by atoms with van der Waals surface area (Å²) in [4.78, 5) is 2.59. The molecule has 0 spiro atoms. The molecule has 1 heterocycles. The van der Waals surface area contributed by atoms with E-state index in [-0.39, 0.29) is 0 Å². The summed E-state index contributed by atoms with van der Waals surface area (Å²) in [7, 11) is 0. The Labute approximate surface area is 120 Å². The standard InChI is InChI=1S/C16H24BrN/c1-11(2)14-9-13(17)10-15(12(3)4)16(14)18-7-5-6-8-18/h9-12H,5-8H2,1-4H3. The Balaban J connectivity index is 2.56. The van der Waals surface area contributed by atoms with Gasteiger partial charge in [-0.05, 0) is 47.9 Å². The van der Waals surface area contributed by atoms with Gasteiger partial charge in [-0.25, -0.2) is 0 Å². The van der Waals surface area contributed by atoms with Crippen LogP contribution in [0.4, 0.5) is 5.69 Å². The van der Waals surface area contributed by atoms with Gasteiger partial charge in [0.15, 0.2) is 0 Å². The molecule has 0 aromatic heterocycles. The van der Waals surface area contributed by atoms with Crippen LogP contribution in [0.5, 0.6) is 0 Å². The number of benzene rings is 1. The molecule has 1 aromatic carbocycles. The van der Waals surface area contributed by atoms with E-state index in [0.29, 0.717) is 11.8 Å². The van der Waals surface area contributed by atoms with Crippen molar-refractivity contribution in [3.8, 4) is 0 Å². The Bertz CT molecular complexity index is 388. The second kappa shape index (κ2) is 5.64. The van der Waals surface area contributed by atoms with Gasteiger partial charge in [-0.15, -0.1) is 0 Å². The molecule has 2 rings (SSSR count). The third-order valence-electron chi connectivity index (χ3n) is 3.80. The Morgan fingerprint density at radius 2 is 1.39 bits per heavy atom. The van der Waals surface area contributed by atoms with E-state index in [0.717, 1.165) is 0 Å². The van der Waals surface area contributed by atoms with Gasteiger partial charge in [0, 0.05) is 23.2 Å². The van der Waals surface area contributed by atoms with Gasteiger partial charge in [0.05, 0.1) is 0 Å². The predicted molar refractivity (Wildman–Crippen MR) is 83.8 cm³/mol. The minimum absolute atomic E-state index is 0.579. The van der Waals surface area contributed by atoms with Crippen LogP contribution in [0.2, 0.25) is 0 Å². The molecule has 0 unspecified atom stereocenters. The van der Waals surface area contributed by atoms with Crippen molar-refractivity contribution in [2.45, 2.75) is 52.4 Å². The smallest absolute Gasteiger partial charge is 0.0437 e. The molecule has 100 valence electrons. The summed E-state index contributed by atoms with van der Waals surface area (Å²) in [5, 5.41) is 0. The topological polar surface area (TPSA) is 3.24 Å². The van der Waals surface area contributed by atoms with Crippen molar-refractivity contribution in [1.82, 2.24) is 0 Å². The maximum Gasteiger partial charge on any atom is 0.0437 e. The lowest BCUT2D eigenvalue weighted by Gasteiger charge is -2.28. The van der Waals surface area contributed by atoms with Crippen molar-refractivity contribution in [2.24, 2.45) is 0 Å². The van der Waals surface area contributed by atoms with Gasteiger partial charge in [-0.3, -0.25) is 0 Å². The average molecular weight is 310 g/mol. The molecule has 0 amide bonds. The maximum atomic E-state index is 3.67. The first-order chi connectivity index (χ1) is 8.50. The van der Waals surface area contributed by atoms with E-state index in [1.165, 1.54) is 47.2 Å². The van der Waals surface area contributed by atoms with Crippen molar-refractivity contribution < 1.29 is 0 Å². The van der Waals surface area contributed by atoms with Gasteiger partial charge in [-0.1, -0.05) is 43.6 Å². The first-order valence-electron chi connectivity index (χ1n) is 7.09. The molecule has 0 atom stereocenters. The quantitative estimate of drug-likeness (QED) is 0.732. The summed E-state index contributed by atoms with van der Waals surface area (Å²) in [6, 6.07) is 4.62. The molecule has 1 fully saturated rings. The largest absolute Gasteiger partial charge is 0.371 e. The summed E-state index contributed by atoms with van der Waals surface area (Å²) in [6.45, 7) is 11.6. The van der Waals surface area contributed by atoms with E-state index in [9.17, 15) is 0 Å². The Kier molecular flexibility index (Phi) is 4.37. The summed E-state index contributed by atoms with van der Waals surface area (Å²) in [5.41, 5.74) is 4.51. The number of anilines is 1. The van der Waals surface area contributed by atoms with E-state index in [1.54, 1.807) is 0 Å². The minimum Gasteiger partial charge on any atom is -0.371 e. The summed E-state index contributed by atoms with van der Waals surface area (Å²) in [5.74, 6) is 1.16. The zero-order valence-corrected chi connectivity index (χ0v) is 13.5. The van der Waals surface area contributed by atoms with Crippen LogP contribution >= 0.6 is 15.9 Å². The lowest BCUT2D eigenvalue weighted by atomic mass is 9.92. The summed E-state index contributed by atoms with van der Waals surface area (Å²) >= 11 is 3.67. The van der Waals surface area contributed by atoms with Crippen LogP contribution in [0.1, 0.15) is 63.5 Å². The Morgan fingerprint density at radius 3 is 1.78 bits per heavy atom. The Hall–Kier alpha value is -0.500. The molecule has 0 N–H and O–H groups in total. The number of nitrogens with zero attached hydrogens (tertiary/aromatic N) is 1. The van der Waals surface area contributed by atoms with Gasteiger partial charge in [-0.2, -0.15) is 0 Å². The monoisotopic (exact) mass is 309 g/mol. The van der Waals surface area contributed by atoms with Crippen molar-refractivity contribution in [3.63, 3.8) is 0 Å². The number of halogens is 1. The third-order valence-corrected chi connectivity index (χ3v) is 4.26. The lowest BCUT2D eigenvalue weighted by molar-refractivity contribution is 0.806. The van der Waals surface area contributed by atoms with Crippen molar-refractivity contribution in [3.05, 3.63) is 27.7 Å². The third kappa shape index (κ3) is 2.74. The molecule has 0 bridgehead atoms. The van der Waals surface area contributed by atoms with E-state index < -0.39 is 0 Å². The van der Waals surface area contributed by atoms with Gasteiger partial charge in [0.2, 0.25) is 0 Å². The van der Waals surface area contributed by atoms with Gasteiger partial charge in [0.1, 0.15) is 0 Å². The van der Waals surface area contributed by atoms with Gasteiger partial charge < -0.3 is 4.90 Å². The molecular formula is C16H24BrN. The molecule has 0 saturated carbocycles. The van der Waals surface area contributed by atoms with E-state index in [4.69, 9.17) is 0 Å². The molecule has 1 aliphatic rings. The first kappa shape index (κ1) is 13.9. The number of rotatable bonds is 3. The average Bonchev–Trinajstić information content (AvgIpc) is 2.80. The molecule has 1 aliphatic heterocycles. The van der Waals surface area contributed by atoms with E-state index in [2.05, 4.69) is 60.7 Å². The summed E-state index contributed by atoms with van der Waals surface area (Å²) in [6.07, 6.45) is 2.68. The molecule has 1 aromatic rings. The van der Waals surface area contributed by atoms with Crippen LogP contribution in [0.15, 0.2) is 16.6 Å². The number of hydrogen-bond acceptors (Lipinski definition) is 1. The van der Waals surface area contributed by atoms with Crippen molar-refractivity contribution in [2.75, 3.05) is 18.0 Å². The SMILES string of the molecule is CC(C)c1cc(Br)cc(C(C)C)c1N1CCCC1. The minimum atomic E-state index is 0.579. The molecule has 0 aliphatic carbocycles. The van der Waals surface area contributed by atoms with E-state index >= 15 is 0 Å². The zero-order valence-electron chi connectivity index (χ0n) is 12.0. The molecular weight excluding hydrogens is 286 g/mol. The molecule has 2 heteroatoms. The fourth-order valence-electron chi connectivity index (χ4n) is 2.83. The highest BCUT2D eigenvalue weighted by Crippen LogP contribution is 2.39. The van der Waals surface area contributed by atoms with Crippen LogP contribution in [0.25, 0.3) is 0 Å². The highest BCUT2D eigenvalue weighted by molar-refractivity contribution is 9.10. The molecule has 0 radical (unpaired) electrons. The van der Waals surface area contributed by atoms with Crippen LogP contribution in [-0.2, 0) is 0 Å². The second-order valence-electron chi connectivity index (χ2n) is 5.94. The number of hydrogen-bond donors (Lipinski definition) is 0. The fraction of sp³-hybridized carbons (Fsp3) is 0.625. The molecule has 1 saturated heterocycles. The fourth-order valence-corrected chi connectivity index (χ4v) is 3.32. The molecule has 18 heavy (non-hydrogen) atoms. The van der Waals surface area contributed by atoms with Crippen molar-refractivity contribution in [1.29, 1.82) is 0 Å². The highest BCUT2D eigenvalue weighted by Gasteiger charge is 2.22. The van der Waals surface area contributed by atoms with E-state index in [1.807, 2.05) is 0 Å². The zero-order chi connectivity index (χ0) is 13.3. The highest BCUT2D eigenvalue weighted by atomic mass is 79.9. The van der Waals surface area contributed by atoms with Crippen molar-refractivity contribution >= 4 is 21.6 Å². The van der Waals surface area contributed by atoms with Crippen LogP contribution < -0.4 is 4.90 Å². The first-order valence-corrected chi connectivity index (χ1v) is 7.88. The summed E-state index contributed by atoms with van der Waals surface area (Å²) < 4.78 is 1.22. The van der Waals surface area contributed by atoms with Crippen LogP contribution in [0.3, 0.4) is 0 Å². The maximum absolute atomic E-state index is 3.67. The van der Waals surface area contributed by atoms with Crippen LogP contribution in [0, 0.1) is 0 Å². The molecule has 1 nitrogen and oxygen atoms in total. The normalized spacial score (nSPS) is 16.1. The second-order valence-corrected chi connectivity index (χ2v) is 6.85. The lowest BCUT2D eigenvalue weighted by Crippen LogP contribution is -2.22.